The summed E-state index contributed by atoms with van der Waals surface area (Å²) in [5, 5.41) is 11.2. The Balaban J connectivity index is 1.45. The van der Waals surface area contributed by atoms with Crippen molar-refractivity contribution in [3.05, 3.63) is 65.4 Å². The van der Waals surface area contributed by atoms with E-state index in [9.17, 15) is 9.59 Å². The number of rotatable bonds is 6. The number of hydrogen-bond donors (Lipinski definition) is 2. The van der Waals surface area contributed by atoms with Crippen LogP contribution in [-0.4, -0.2) is 71.0 Å². The molecule has 2 N–H and O–H groups in total. The predicted octanol–water partition coefficient (Wildman–Crippen LogP) is 2.24. The van der Waals surface area contributed by atoms with Crippen LogP contribution in [0, 0.1) is 0 Å². The van der Waals surface area contributed by atoms with Crippen LogP contribution in [0.3, 0.4) is 0 Å². The molecule has 1 aliphatic rings. The minimum Gasteiger partial charge on any atom is -0.345 e. The molecule has 0 spiro atoms. The number of Topliss-reactive ketones (excluding diaryl/α,β-unsaturated/α-hetero) is 1. The van der Waals surface area contributed by atoms with Crippen LogP contribution in [0.15, 0.2) is 48.5 Å². The molecule has 1 fully saturated rings. The van der Waals surface area contributed by atoms with Crippen molar-refractivity contribution in [3.8, 4) is 0 Å². The van der Waals surface area contributed by atoms with Crippen molar-refractivity contribution in [2.45, 2.75) is 25.9 Å². The number of fused-ring (bicyclic) bond motifs is 1. The Hall–Kier alpha value is -3.03. The number of hydrogen-bond acceptors (Lipinski definition) is 5. The summed E-state index contributed by atoms with van der Waals surface area (Å²) in [6, 6.07) is 15.9. The highest BCUT2D eigenvalue weighted by atomic mass is 16.2. The van der Waals surface area contributed by atoms with Gasteiger partial charge in [-0.15, -0.1) is 0 Å². The molecule has 4 rings (SSSR count). The van der Waals surface area contributed by atoms with Crippen LogP contribution in [0.1, 0.15) is 28.5 Å². The lowest BCUT2D eigenvalue weighted by molar-refractivity contribution is -0.116. The summed E-state index contributed by atoms with van der Waals surface area (Å²) in [4.78, 5) is 29.0. The van der Waals surface area contributed by atoms with Gasteiger partial charge in [-0.3, -0.25) is 19.6 Å². The molecule has 7 nitrogen and oxygen atoms in total. The number of amides is 1. The zero-order valence-corrected chi connectivity index (χ0v) is 18.1. The van der Waals surface area contributed by atoms with E-state index in [0.717, 1.165) is 49.2 Å². The molecule has 0 aliphatic carbocycles. The van der Waals surface area contributed by atoms with Crippen molar-refractivity contribution in [3.63, 3.8) is 0 Å². The first kappa shape index (κ1) is 21.2. The molecule has 3 aromatic rings. The maximum atomic E-state index is 13.0. The monoisotopic (exact) mass is 419 g/mol. The zero-order chi connectivity index (χ0) is 21.8. The highest BCUT2D eigenvalue weighted by molar-refractivity contribution is 6.04. The largest absolute Gasteiger partial charge is 0.345 e. The van der Waals surface area contributed by atoms with Crippen molar-refractivity contribution in [1.29, 1.82) is 0 Å². The molecule has 0 saturated carbocycles. The van der Waals surface area contributed by atoms with E-state index in [1.54, 1.807) is 6.92 Å². The van der Waals surface area contributed by atoms with E-state index in [-0.39, 0.29) is 17.7 Å². The first-order valence-corrected chi connectivity index (χ1v) is 10.7. The van der Waals surface area contributed by atoms with Crippen LogP contribution >= 0.6 is 0 Å². The van der Waals surface area contributed by atoms with Gasteiger partial charge >= 0.3 is 0 Å². The number of para-hydroxylation sites is 1. The fraction of sp³-hybridized carbons (Fsp3) is 0.375. The van der Waals surface area contributed by atoms with E-state index in [0.29, 0.717) is 12.1 Å². The predicted molar refractivity (Wildman–Crippen MR) is 121 cm³/mol. The first-order valence-electron chi connectivity index (χ1n) is 10.7. The third-order valence-electron chi connectivity index (χ3n) is 5.68. The van der Waals surface area contributed by atoms with Crippen molar-refractivity contribution in [2.75, 3.05) is 33.2 Å². The van der Waals surface area contributed by atoms with E-state index in [1.807, 2.05) is 36.4 Å². The molecule has 1 unspecified atom stereocenters. The lowest BCUT2D eigenvalue weighted by atomic mass is 10.1. The number of nitrogens with zero attached hydrogens (tertiary/aromatic N) is 3. The molecule has 1 aromatic heterocycles. The SMILES string of the molecule is CC(=O)Cc1cccc(CN2CCN(C)CC(NC(=O)c3n[nH]c4ccccc34)C2)c1. The minimum atomic E-state index is -0.152. The van der Waals surface area contributed by atoms with E-state index >= 15 is 0 Å². The van der Waals surface area contributed by atoms with Crippen molar-refractivity contribution >= 4 is 22.6 Å². The number of carbonyl (C=O) groups excluding carboxylic acids is 2. The highest BCUT2D eigenvalue weighted by Crippen LogP contribution is 2.16. The second-order valence-electron chi connectivity index (χ2n) is 8.48. The molecule has 31 heavy (non-hydrogen) atoms. The van der Waals surface area contributed by atoms with Gasteiger partial charge in [-0.2, -0.15) is 5.10 Å². The van der Waals surface area contributed by atoms with E-state index in [1.165, 1.54) is 5.56 Å². The van der Waals surface area contributed by atoms with E-state index < -0.39 is 0 Å². The summed E-state index contributed by atoms with van der Waals surface area (Å²) in [5.74, 6) is 0.0170. The molecule has 1 aliphatic heterocycles. The Morgan fingerprint density at radius 1 is 1.10 bits per heavy atom. The third kappa shape index (κ3) is 5.37. The maximum Gasteiger partial charge on any atom is 0.272 e. The Morgan fingerprint density at radius 3 is 2.74 bits per heavy atom. The smallest absolute Gasteiger partial charge is 0.272 e. The van der Waals surface area contributed by atoms with E-state index in [2.05, 4.69) is 44.5 Å². The molecule has 1 amide bonds. The summed E-state index contributed by atoms with van der Waals surface area (Å²) in [6.45, 7) is 5.81. The maximum absolute atomic E-state index is 13.0. The molecule has 2 heterocycles. The summed E-state index contributed by atoms with van der Waals surface area (Å²) in [7, 11) is 2.08. The Morgan fingerprint density at radius 2 is 1.90 bits per heavy atom. The standard InChI is InChI=1S/C24H29N5O2/c1-17(30)12-18-6-5-7-19(13-18)14-29-11-10-28(2)15-20(16-29)25-24(31)23-21-8-3-4-9-22(21)26-27-23/h3-9,13,20H,10-12,14-16H2,1-2H3,(H,25,31)(H,26,27). The molecule has 2 aromatic carbocycles. The zero-order valence-electron chi connectivity index (χ0n) is 18.1. The number of H-pyrrole nitrogens is 1. The molecule has 0 radical (unpaired) electrons. The fourth-order valence-corrected chi connectivity index (χ4v) is 4.25. The van der Waals surface area contributed by atoms with Gasteiger partial charge in [0, 0.05) is 44.5 Å². The second kappa shape index (κ2) is 9.41. The van der Waals surface area contributed by atoms with Gasteiger partial charge in [-0.05, 0) is 31.2 Å². The number of ketones is 1. The Bertz CT molecular complexity index is 1080. The van der Waals surface area contributed by atoms with Gasteiger partial charge in [0.1, 0.15) is 5.78 Å². The van der Waals surface area contributed by atoms with Crippen LogP contribution in [-0.2, 0) is 17.8 Å². The summed E-state index contributed by atoms with van der Waals surface area (Å²) in [5.41, 5.74) is 3.53. The Kier molecular flexibility index (Phi) is 6.44. The average Bonchev–Trinajstić information content (AvgIpc) is 3.08. The molecular formula is C24H29N5O2. The van der Waals surface area contributed by atoms with Crippen LogP contribution in [0.2, 0.25) is 0 Å². The van der Waals surface area contributed by atoms with Gasteiger partial charge in [0.25, 0.3) is 5.91 Å². The van der Waals surface area contributed by atoms with Gasteiger partial charge < -0.3 is 10.2 Å². The van der Waals surface area contributed by atoms with Gasteiger partial charge in [0.05, 0.1) is 11.6 Å². The van der Waals surface area contributed by atoms with Crippen LogP contribution in [0.4, 0.5) is 0 Å². The number of aromatic amines is 1. The first-order chi connectivity index (χ1) is 15.0. The van der Waals surface area contributed by atoms with Gasteiger partial charge in [0.15, 0.2) is 5.69 Å². The highest BCUT2D eigenvalue weighted by Gasteiger charge is 2.24. The average molecular weight is 420 g/mol. The van der Waals surface area contributed by atoms with Crippen LogP contribution < -0.4 is 5.32 Å². The molecular weight excluding hydrogens is 390 g/mol. The lowest BCUT2D eigenvalue weighted by Gasteiger charge is -2.25. The van der Waals surface area contributed by atoms with Gasteiger partial charge in [0.2, 0.25) is 0 Å². The van der Waals surface area contributed by atoms with Gasteiger partial charge in [-0.25, -0.2) is 0 Å². The van der Waals surface area contributed by atoms with Gasteiger partial charge in [-0.1, -0.05) is 42.5 Å². The molecule has 7 heteroatoms. The topological polar surface area (TPSA) is 81.3 Å². The van der Waals surface area contributed by atoms with E-state index in [4.69, 9.17) is 0 Å². The molecule has 0 bridgehead atoms. The number of likely N-dealkylation sites (N-methyl/N-ethyl adjacent to an activating group) is 1. The quantitative estimate of drug-likeness (QED) is 0.641. The number of aromatic nitrogens is 2. The minimum absolute atomic E-state index is 0.00383. The third-order valence-corrected chi connectivity index (χ3v) is 5.68. The lowest BCUT2D eigenvalue weighted by Crippen LogP contribution is -2.46. The second-order valence-corrected chi connectivity index (χ2v) is 8.48. The number of benzene rings is 2. The van der Waals surface area contributed by atoms with Crippen molar-refractivity contribution in [1.82, 2.24) is 25.3 Å². The Labute approximate surface area is 182 Å². The molecule has 1 atom stereocenters. The molecule has 162 valence electrons. The molecule has 1 saturated heterocycles. The fourth-order valence-electron chi connectivity index (χ4n) is 4.25. The normalized spacial score (nSPS) is 18.1. The van der Waals surface area contributed by atoms with Crippen molar-refractivity contribution < 1.29 is 9.59 Å². The number of carbonyl (C=O) groups is 2. The van der Waals surface area contributed by atoms with Crippen LogP contribution in [0.25, 0.3) is 10.9 Å². The number of nitrogens with one attached hydrogen (secondary N) is 2. The van der Waals surface area contributed by atoms with Crippen LogP contribution in [0.5, 0.6) is 0 Å². The summed E-state index contributed by atoms with van der Waals surface area (Å²) in [6.07, 6.45) is 0.465. The van der Waals surface area contributed by atoms with Crippen molar-refractivity contribution in [2.24, 2.45) is 0 Å². The summed E-state index contributed by atoms with van der Waals surface area (Å²) < 4.78 is 0. The summed E-state index contributed by atoms with van der Waals surface area (Å²) >= 11 is 0.